The lowest BCUT2D eigenvalue weighted by Crippen LogP contribution is -2.03. The molecule has 0 aliphatic heterocycles. The summed E-state index contributed by atoms with van der Waals surface area (Å²) in [6, 6.07) is 8.77. The highest BCUT2D eigenvalue weighted by atomic mass is 32.1. The van der Waals surface area contributed by atoms with Crippen LogP contribution in [0.5, 0.6) is 0 Å². The van der Waals surface area contributed by atoms with Gasteiger partial charge < -0.3 is 5.73 Å². The first-order chi connectivity index (χ1) is 10.2. The molecule has 0 saturated heterocycles. The molecule has 0 aliphatic rings. The van der Waals surface area contributed by atoms with E-state index in [2.05, 4.69) is 58.1 Å². The van der Waals surface area contributed by atoms with Crippen molar-refractivity contribution in [2.75, 3.05) is 6.54 Å². The first-order valence-electron chi connectivity index (χ1n) is 7.32. The quantitative estimate of drug-likeness (QED) is 0.785. The molecule has 0 atom stereocenters. The van der Waals surface area contributed by atoms with Crippen LogP contribution in [0.2, 0.25) is 0 Å². The Labute approximate surface area is 128 Å². The van der Waals surface area contributed by atoms with Crippen LogP contribution in [0.1, 0.15) is 37.6 Å². The van der Waals surface area contributed by atoms with E-state index in [1.54, 1.807) is 11.3 Å². The molecule has 0 radical (unpaired) electrons. The zero-order valence-corrected chi connectivity index (χ0v) is 13.2. The summed E-state index contributed by atoms with van der Waals surface area (Å²) in [6.07, 6.45) is 1.80. The van der Waals surface area contributed by atoms with Gasteiger partial charge >= 0.3 is 0 Å². The molecule has 0 spiro atoms. The van der Waals surface area contributed by atoms with Crippen LogP contribution in [0.4, 0.5) is 0 Å². The van der Waals surface area contributed by atoms with Gasteiger partial charge in [-0.2, -0.15) is 0 Å². The molecule has 5 heteroatoms. The van der Waals surface area contributed by atoms with Crippen molar-refractivity contribution >= 4 is 16.3 Å². The Morgan fingerprint density at radius 1 is 1.19 bits per heavy atom. The second-order valence-electron chi connectivity index (χ2n) is 5.52. The first kappa shape index (κ1) is 14.2. The van der Waals surface area contributed by atoms with Crippen molar-refractivity contribution in [2.45, 2.75) is 32.6 Å². The Morgan fingerprint density at radius 2 is 1.95 bits per heavy atom. The van der Waals surface area contributed by atoms with Gasteiger partial charge in [0.1, 0.15) is 5.82 Å². The average molecular weight is 300 g/mol. The number of benzene rings is 1. The molecule has 110 valence electrons. The lowest BCUT2D eigenvalue weighted by molar-refractivity contribution is 0.772. The van der Waals surface area contributed by atoms with Crippen LogP contribution in [-0.2, 0) is 6.42 Å². The number of aryl methyl sites for hydroxylation is 1. The van der Waals surface area contributed by atoms with Gasteiger partial charge in [0, 0.05) is 11.8 Å². The maximum atomic E-state index is 5.60. The van der Waals surface area contributed by atoms with Crippen LogP contribution < -0.4 is 5.73 Å². The van der Waals surface area contributed by atoms with E-state index in [-0.39, 0.29) is 0 Å². The fourth-order valence-corrected chi connectivity index (χ4v) is 3.29. The topological polar surface area (TPSA) is 56.2 Å². The molecule has 4 nitrogen and oxygen atoms in total. The number of thiazole rings is 1. The van der Waals surface area contributed by atoms with Crippen molar-refractivity contribution in [1.29, 1.82) is 0 Å². The van der Waals surface area contributed by atoms with Gasteiger partial charge in [-0.3, -0.25) is 4.40 Å². The minimum Gasteiger partial charge on any atom is -0.330 e. The number of nitrogens with zero attached hydrogens (tertiary/aromatic N) is 3. The minimum atomic E-state index is 0.552. The van der Waals surface area contributed by atoms with E-state index in [1.165, 1.54) is 16.8 Å². The summed E-state index contributed by atoms with van der Waals surface area (Å²) in [7, 11) is 0. The normalized spacial score (nSPS) is 11.6. The molecule has 0 fully saturated rings. The van der Waals surface area contributed by atoms with Gasteiger partial charge in [0.2, 0.25) is 4.96 Å². The Bertz CT molecular complexity index is 724. The molecule has 0 aliphatic carbocycles. The lowest BCUT2D eigenvalue weighted by atomic mass is 10.0. The molecule has 1 aromatic carbocycles. The minimum absolute atomic E-state index is 0.552. The predicted octanol–water partition coefficient (Wildman–Crippen LogP) is 3.47. The molecule has 21 heavy (non-hydrogen) atoms. The smallest absolute Gasteiger partial charge is 0.216 e. The molecule has 0 saturated carbocycles. The summed E-state index contributed by atoms with van der Waals surface area (Å²) in [4.78, 5) is 0.949. The molecular weight excluding hydrogens is 280 g/mol. The van der Waals surface area contributed by atoms with E-state index in [9.17, 15) is 0 Å². The highest BCUT2D eigenvalue weighted by molar-refractivity contribution is 7.15. The number of nitrogens with two attached hydrogens (primary N) is 1. The molecule has 0 amide bonds. The summed E-state index contributed by atoms with van der Waals surface area (Å²) >= 11 is 1.63. The molecule has 2 heterocycles. The van der Waals surface area contributed by atoms with E-state index in [4.69, 9.17) is 5.73 Å². The molecular formula is C16H20N4S. The fraction of sp³-hybridized carbons (Fsp3) is 0.375. The summed E-state index contributed by atoms with van der Waals surface area (Å²) in [5.74, 6) is 1.55. The van der Waals surface area contributed by atoms with E-state index in [0.29, 0.717) is 12.5 Å². The summed E-state index contributed by atoms with van der Waals surface area (Å²) < 4.78 is 2.16. The number of hydrogen-bond donors (Lipinski definition) is 1. The third kappa shape index (κ3) is 2.71. The maximum Gasteiger partial charge on any atom is 0.216 e. The zero-order valence-electron chi connectivity index (χ0n) is 12.4. The molecule has 3 aromatic rings. The highest BCUT2D eigenvalue weighted by Crippen LogP contribution is 2.28. The highest BCUT2D eigenvalue weighted by Gasteiger charge is 2.13. The monoisotopic (exact) mass is 300 g/mol. The standard InChI is InChI=1S/C16H20N4S/c1-11(2)12-5-7-13(8-6-12)14-10-21-16-19-18-15(20(14)16)4-3-9-17/h5-8,10-11H,3-4,9,17H2,1-2H3. The molecule has 2 aromatic heterocycles. The Hall–Kier alpha value is -1.72. The number of fused-ring (bicyclic) bond motifs is 1. The van der Waals surface area contributed by atoms with Crippen molar-refractivity contribution in [3.05, 3.63) is 41.0 Å². The van der Waals surface area contributed by atoms with Gasteiger partial charge in [0.05, 0.1) is 5.69 Å². The average Bonchev–Trinajstić information content (AvgIpc) is 3.07. The Balaban J connectivity index is 2.01. The van der Waals surface area contributed by atoms with Crippen LogP contribution in [-0.4, -0.2) is 21.1 Å². The largest absolute Gasteiger partial charge is 0.330 e. The zero-order chi connectivity index (χ0) is 14.8. The second-order valence-corrected chi connectivity index (χ2v) is 6.36. The van der Waals surface area contributed by atoms with Gasteiger partial charge in [-0.25, -0.2) is 0 Å². The summed E-state index contributed by atoms with van der Waals surface area (Å²) in [5.41, 5.74) is 9.34. The van der Waals surface area contributed by atoms with Gasteiger partial charge in [-0.15, -0.1) is 21.5 Å². The lowest BCUT2D eigenvalue weighted by Gasteiger charge is -2.07. The van der Waals surface area contributed by atoms with E-state index in [0.717, 1.165) is 23.6 Å². The van der Waals surface area contributed by atoms with Crippen LogP contribution >= 0.6 is 11.3 Å². The number of hydrogen-bond acceptors (Lipinski definition) is 4. The molecule has 2 N–H and O–H groups in total. The van der Waals surface area contributed by atoms with Crippen molar-refractivity contribution in [1.82, 2.24) is 14.6 Å². The Kier molecular flexibility index (Phi) is 4.03. The van der Waals surface area contributed by atoms with E-state index in [1.807, 2.05) is 0 Å². The first-order valence-corrected chi connectivity index (χ1v) is 8.20. The summed E-state index contributed by atoms with van der Waals surface area (Å²) in [6.45, 7) is 5.10. The SMILES string of the molecule is CC(C)c1ccc(-c2csc3nnc(CCCN)n23)cc1. The fourth-order valence-electron chi connectivity index (χ4n) is 2.44. The van der Waals surface area contributed by atoms with Gasteiger partial charge in [-0.1, -0.05) is 38.1 Å². The van der Waals surface area contributed by atoms with E-state index >= 15 is 0 Å². The molecule has 0 bridgehead atoms. The maximum absolute atomic E-state index is 5.60. The predicted molar refractivity (Wildman–Crippen MR) is 87.8 cm³/mol. The van der Waals surface area contributed by atoms with Gasteiger partial charge in [0.15, 0.2) is 0 Å². The van der Waals surface area contributed by atoms with E-state index < -0.39 is 0 Å². The summed E-state index contributed by atoms with van der Waals surface area (Å²) in [5, 5.41) is 10.7. The van der Waals surface area contributed by atoms with Crippen molar-refractivity contribution in [3.63, 3.8) is 0 Å². The van der Waals surface area contributed by atoms with Crippen LogP contribution in [0.15, 0.2) is 29.6 Å². The van der Waals surface area contributed by atoms with Crippen LogP contribution in [0.3, 0.4) is 0 Å². The van der Waals surface area contributed by atoms with Crippen LogP contribution in [0.25, 0.3) is 16.2 Å². The number of aromatic nitrogens is 3. The Morgan fingerprint density at radius 3 is 2.62 bits per heavy atom. The molecule has 3 rings (SSSR count). The van der Waals surface area contributed by atoms with Crippen molar-refractivity contribution in [2.24, 2.45) is 5.73 Å². The van der Waals surface area contributed by atoms with Crippen molar-refractivity contribution < 1.29 is 0 Å². The third-order valence-corrected chi connectivity index (χ3v) is 4.51. The van der Waals surface area contributed by atoms with Crippen LogP contribution in [0, 0.1) is 0 Å². The van der Waals surface area contributed by atoms with Gasteiger partial charge in [0.25, 0.3) is 0 Å². The second kappa shape index (κ2) is 5.95. The third-order valence-electron chi connectivity index (χ3n) is 3.69. The number of rotatable bonds is 5. The van der Waals surface area contributed by atoms with Crippen molar-refractivity contribution in [3.8, 4) is 11.3 Å². The van der Waals surface area contributed by atoms with Gasteiger partial charge in [-0.05, 0) is 30.0 Å². The molecule has 0 unspecified atom stereocenters.